The highest BCUT2D eigenvalue weighted by Gasteiger charge is 2.37. The first kappa shape index (κ1) is 17.2. The molecule has 0 saturated heterocycles. The number of rotatable bonds is 6. The summed E-state index contributed by atoms with van der Waals surface area (Å²) in [6.45, 7) is 5.91. The molecule has 21 heavy (non-hydrogen) atoms. The van der Waals surface area contributed by atoms with Crippen LogP contribution in [0.2, 0.25) is 0 Å². The van der Waals surface area contributed by atoms with Crippen LogP contribution in [0.25, 0.3) is 0 Å². The summed E-state index contributed by atoms with van der Waals surface area (Å²) < 4.78 is 0. The Kier molecular flexibility index (Phi) is 6.51. The maximum atomic E-state index is 9.93. The van der Waals surface area contributed by atoms with Gasteiger partial charge in [0.1, 0.15) is 0 Å². The van der Waals surface area contributed by atoms with E-state index in [9.17, 15) is 5.11 Å². The molecule has 3 nitrogen and oxygen atoms in total. The van der Waals surface area contributed by atoms with E-state index in [1.165, 1.54) is 51.5 Å². The Bertz CT molecular complexity index is 302. The predicted octanol–water partition coefficient (Wildman–Crippen LogP) is 3.17. The Balaban J connectivity index is 1.89. The van der Waals surface area contributed by atoms with Crippen LogP contribution in [0, 0.1) is 5.92 Å². The van der Waals surface area contributed by atoms with Gasteiger partial charge in [-0.25, -0.2) is 0 Å². The number of nitrogens with one attached hydrogen (secondary N) is 1. The van der Waals surface area contributed by atoms with E-state index in [1.54, 1.807) is 0 Å². The van der Waals surface area contributed by atoms with Crippen LogP contribution in [0.3, 0.4) is 0 Å². The van der Waals surface area contributed by atoms with Gasteiger partial charge in [0.05, 0.1) is 6.61 Å². The third-order valence-electron chi connectivity index (χ3n) is 5.61. The molecule has 0 radical (unpaired) electrons. The number of aliphatic hydroxyl groups is 1. The number of aliphatic hydroxyl groups excluding tert-OH is 1. The zero-order valence-corrected chi connectivity index (χ0v) is 14.4. The van der Waals surface area contributed by atoms with Gasteiger partial charge < -0.3 is 15.3 Å². The average molecular weight is 296 g/mol. The topological polar surface area (TPSA) is 35.5 Å². The molecule has 2 N–H and O–H groups in total. The minimum atomic E-state index is -0.0437. The molecule has 2 atom stereocenters. The van der Waals surface area contributed by atoms with Crippen molar-refractivity contribution >= 4 is 0 Å². The van der Waals surface area contributed by atoms with Crippen molar-refractivity contribution in [3.8, 4) is 0 Å². The lowest BCUT2D eigenvalue weighted by Crippen LogP contribution is -2.57. The number of hydrogen-bond donors (Lipinski definition) is 2. The molecular weight excluding hydrogens is 260 g/mol. The Morgan fingerprint density at radius 1 is 1.14 bits per heavy atom. The maximum Gasteiger partial charge on any atom is 0.0613 e. The highest BCUT2D eigenvalue weighted by atomic mass is 16.3. The van der Waals surface area contributed by atoms with Crippen LogP contribution in [0.5, 0.6) is 0 Å². The molecule has 0 amide bonds. The normalized spacial score (nSPS) is 32.0. The smallest absolute Gasteiger partial charge is 0.0613 e. The van der Waals surface area contributed by atoms with Gasteiger partial charge in [-0.05, 0) is 51.5 Å². The summed E-state index contributed by atoms with van der Waals surface area (Å²) in [6, 6.07) is 1.08. The molecular formula is C18H36N2O. The lowest BCUT2D eigenvalue weighted by molar-refractivity contribution is 0.0560. The minimum Gasteiger partial charge on any atom is -0.394 e. The zero-order valence-electron chi connectivity index (χ0n) is 14.4. The summed E-state index contributed by atoms with van der Waals surface area (Å²) in [4.78, 5) is 2.60. The largest absolute Gasteiger partial charge is 0.394 e. The van der Waals surface area contributed by atoms with Crippen LogP contribution < -0.4 is 5.32 Å². The number of nitrogens with zero attached hydrogens (tertiary/aromatic N) is 1. The van der Waals surface area contributed by atoms with Gasteiger partial charge in [0, 0.05) is 24.2 Å². The van der Waals surface area contributed by atoms with E-state index in [2.05, 4.69) is 31.1 Å². The van der Waals surface area contributed by atoms with Crippen LogP contribution in [0.15, 0.2) is 0 Å². The minimum absolute atomic E-state index is 0.0437. The lowest BCUT2D eigenvalue weighted by atomic mass is 9.78. The van der Waals surface area contributed by atoms with Crippen molar-refractivity contribution in [2.24, 2.45) is 5.92 Å². The van der Waals surface area contributed by atoms with Crippen LogP contribution in [-0.2, 0) is 0 Å². The van der Waals surface area contributed by atoms with Gasteiger partial charge in [-0.15, -0.1) is 0 Å². The summed E-state index contributed by atoms with van der Waals surface area (Å²) >= 11 is 0. The molecule has 2 fully saturated rings. The fraction of sp³-hybridized carbons (Fsp3) is 1.00. The van der Waals surface area contributed by atoms with E-state index in [-0.39, 0.29) is 12.1 Å². The van der Waals surface area contributed by atoms with Gasteiger partial charge in [0.15, 0.2) is 0 Å². The maximum absolute atomic E-state index is 9.93. The van der Waals surface area contributed by atoms with E-state index in [0.717, 1.165) is 18.8 Å². The van der Waals surface area contributed by atoms with Gasteiger partial charge in [0.2, 0.25) is 0 Å². The quantitative estimate of drug-likeness (QED) is 0.790. The lowest BCUT2D eigenvalue weighted by Gasteiger charge is -2.45. The fourth-order valence-electron chi connectivity index (χ4n) is 4.57. The van der Waals surface area contributed by atoms with Crippen molar-refractivity contribution in [3.05, 3.63) is 0 Å². The van der Waals surface area contributed by atoms with E-state index >= 15 is 0 Å². The molecule has 3 heteroatoms. The van der Waals surface area contributed by atoms with Crippen molar-refractivity contribution in [2.45, 2.75) is 89.3 Å². The third-order valence-corrected chi connectivity index (χ3v) is 5.61. The van der Waals surface area contributed by atoms with Crippen molar-refractivity contribution in [1.82, 2.24) is 10.2 Å². The molecule has 2 rings (SSSR count). The Hall–Kier alpha value is -0.120. The first-order chi connectivity index (χ1) is 10.0. The monoisotopic (exact) mass is 296 g/mol. The molecule has 0 aromatic rings. The molecule has 0 bridgehead atoms. The summed E-state index contributed by atoms with van der Waals surface area (Å²) in [5, 5.41) is 13.6. The molecule has 0 heterocycles. The zero-order chi connectivity index (χ0) is 15.3. The first-order valence-electron chi connectivity index (χ1n) is 9.13. The van der Waals surface area contributed by atoms with Crippen molar-refractivity contribution in [3.63, 3.8) is 0 Å². The van der Waals surface area contributed by atoms with E-state index in [1.807, 2.05) is 0 Å². The molecule has 2 saturated carbocycles. The summed E-state index contributed by atoms with van der Waals surface area (Å²) in [7, 11) is 2.31. The fourth-order valence-corrected chi connectivity index (χ4v) is 4.57. The van der Waals surface area contributed by atoms with Gasteiger partial charge in [-0.1, -0.05) is 33.1 Å². The molecule has 0 spiro atoms. The second-order valence-electron chi connectivity index (χ2n) is 7.93. The SMILES string of the molecule is CC(C)NC1(CO)CCCC(N(C)CC2CCCCC2)C1. The molecule has 2 aliphatic rings. The highest BCUT2D eigenvalue weighted by Crippen LogP contribution is 2.32. The number of hydrogen-bond acceptors (Lipinski definition) is 3. The second kappa shape index (κ2) is 7.94. The summed E-state index contributed by atoms with van der Waals surface area (Å²) in [6.07, 6.45) is 11.9. The molecule has 0 aromatic heterocycles. The standard InChI is InChI=1S/C18H36N2O/c1-15(2)19-18(14-21)11-7-10-17(12-18)20(3)13-16-8-5-4-6-9-16/h15-17,19,21H,4-14H2,1-3H3. The van der Waals surface area contributed by atoms with Gasteiger partial charge in [-0.3, -0.25) is 0 Å². The van der Waals surface area contributed by atoms with E-state index < -0.39 is 0 Å². The highest BCUT2D eigenvalue weighted by molar-refractivity contribution is 4.97. The second-order valence-corrected chi connectivity index (χ2v) is 7.93. The van der Waals surface area contributed by atoms with E-state index in [0.29, 0.717) is 12.1 Å². The van der Waals surface area contributed by atoms with Crippen molar-refractivity contribution < 1.29 is 5.11 Å². The average Bonchev–Trinajstić information content (AvgIpc) is 2.48. The van der Waals surface area contributed by atoms with Crippen molar-refractivity contribution in [2.75, 3.05) is 20.2 Å². The summed E-state index contributed by atoms with van der Waals surface area (Å²) in [5.74, 6) is 0.910. The Morgan fingerprint density at radius 2 is 1.86 bits per heavy atom. The van der Waals surface area contributed by atoms with Gasteiger partial charge in [0.25, 0.3) is 0 Å². The molecule has 0 aliphatic heterocycles. The molecule has 0 aromatic carbocycles. The van der Waals surface area contributed by atoms with Crippen LogP contribution in [0.4, 0.5) is 0 Å². The summed E-state index contributed by atoms with van der Waals surface area (Å²) in [5.41, 5.74) is -0.0437. The Labute approximate surface area is 131 Å². The third kappa shape index (κ3) is 4.94. The molecule has 124 valence electrons. The van der Waals surface area contributed by atoms with Crippen LogP contribution in [-0.4, -0.2) is 47.8 Å². The molecule has 2 unspecified atom stereocenters. The predicted molar refractivity (Wildman–Crippen MR) is 89.5 cm³/mol. The van der Waals surface area contributed by atoms with Crippen LogP contribution >= 0.6 is 0 Å². The van der Waals surface area contributed by atoms with Gasteiger partial charge >= 0.3 is 0 Å². The molecule has 2 aliphatic carbocycles. The van der Waals surface area contributed by atoms with Crippen molar-refractivity contribution in [1.29, 1.82) is 0 Å². The van der Waals surface area contributed by atoms with E-state index in [4.69, 9.17) is 0 Å². The first-order valence-corrected chi connectivity index (χ1v) is 9.13. The van der Waals surface area contributed by atoms with Gasteiger partial charge in [-0.2, -0.15) is 0 Å². The van der Waals surface area contributed by atoms with Crippen LogP contribution in [0.1, 0.15) is 71.6 Å². The Morgan fingerprint density at radius 3 is 2.48 bits per heavy atom.